The van der Waals surface area contributed by atoms with Gasteiger partial charge in [0.25, 0.3) is 0 Å². The van der Waals surface area contributed by atoms with Crippen LogP contribution in [0.15, 0.2) is 24.3 Å². The average molecular weight is 287 g/mol. The van der Waals surface area contributed by atoms with Crippen LogP contribution < -0.4 is 10.6 Å². The molecular formula is C14H23ClN2O2. The lowest BCUT2D eigenvalue weighted by molar-refractivity contribution is -0.120. The summed E-state index contributed by atoms with van der Waals surface area (Å²) in [6.45, 7) is 4.50. The van der Waals surface area contributed by atoms with E-state index < -0.39 is 6.04 Å². The molecule has 1 unspecified atom stereocenters. The summed E-state index contributed by atoms with van der Waals surface area (Å²) < 4.78 is 4.89. The van der Waals surface area contributed by atoms with E-state index in [2.05, 4.69) is 13.8 Å². The van der Waals surface area contributed by atoms with Gasteiger partial charge in [0.15, 0.2) is 0 Å². The quantitative estimate of drug-likeness (QED) is 0.902. The van der Waals surface area contributed by atoms with Gasteiger partial charge in [-0.15, -0.1) is 12.4 Å². The van der Waals surface area contributed by atoms with Crippen LogP contribution in [0.4, 0.5) is 5.69 Å². The minimum absolute atomic E-state index is 0. The molecule has 1 aromatic rings. The number of nitrogens with two attached hydrogens (primary N) is 1. The van der Waals surface area contributed by atoms with Gasteiger partial charge in [-0.2, -0.15) is 0 Å². The Balaban J connectivity index is 0.00000324. The van der Waals surface area contributed by atoms with Gasteiger partial charge in [-0.05, 0) is 23.6 Å². The van der Waals surface area contributed by atoms with Crippen molar-refractivity contribution in [2.45, 2.75) is 25.8 Å². The van der Waals surface area contributed by atoms with E-state index >= 15 is 0 Å². The van der Waals surface area contributed by atoms with Crippen LogP contribution in [0.2, 0.25) is 0 Å². The highest BCUT2D eigenvalue weighted by atomic mass is 35.5. The Morgan fingerprint density at radius 2 is 1.84 bits per heavy atom. The van der Waals surface area contributed by atoms with Crippen LogP contribution in [0.25, 0.3) is 0 Å². The molecule has 108 valence electrons. The third kappa shape index (κ3) is 4.82. The molecule has 0 fully saturated rings. The van der Waals surface area contributed by atoms with E-state index in [4.69, 9.17) is 10.5 Å². The summed E-state index contributed by atoms with van der Waals surface area (Å²) in [6.07, 6.45) is 0. The van der Waals surface area contributed by atoms with Gasteiger partial charge >= 0.3 is 0 Å². The predicted molar refractivity (Wildman–Crippen MR) is 81.0 cm³/mol. The van der Waals surface area contributed by atoms with Gasteiger partial charge in [0.05, 0.1) is 6.61 Å². The fourth-order valence-electron chi connectivity index (χ4n) is 1.71. The average Bonchev–Trinajstić information content (AvgIpc) is 2.37. The molecule has 1 aromatic carbocycles. The van der Waals surface area contributed by atoms with E-state index in [0.29, 0.717) is 5.92 Å². The molecule has 0 radical (unpaired) electrons. The van der Waals surface area contributed by atoms with E-state index in [1.165, 1.54) is 12.7 Å². The highest BCUT2D eigenvalue weighted by molar-refractivity contribution is 5.96. The third-order valence-electron chi connectivity index (χ3n) is 2.94. The number of carbonyl (C=O) groups excluding carboxylic acids is 1. The molecule has 0 aliphatic carbocycles. The van der Waals surface area contributed by atoms with Gasteiger partial charge < -0.3 is 15.4 Å². The number of nitrogens with zero attached hydrogens (tertiary/aromatic N) is 1. The first kappa shape index (κ1) is 17.9. The Morgan fingerprint density at radius 3 is 2.26 bits per heavy atom. The topological polar surface area (TPSA) is 55.6 Å². The smallest absolute Gasteiger partial charge is 0.246 e. The molecule has 0 aliphatic rings. The zero-order valence-corrected chi connectivity index (χ0v) is 12.7. The maximum absolute atomic E-state index is 12.0. The first-order valence-corrected chi connectivity index (χ1v) is 6.09. The van der Waals surface area contributed by atoms with Gasteiger partial charge in [-0.1, -0.05) is 26.0 Å². The Bertz CT molecular complexity index is 393. The van der Waals surface area contributed by atoms with E-state index in [9.17, 15) is 4.79 Å². The van der Waals surface area contributed by atoms with Crippen molar-refractivity contribution in [3.8, 4) is 0 Å². The van der Waals surface area contributed by atoms with E-state index in [1.807, 2.05) is 24.3 Å². The molecule has 0 spiro atoms. The molecule has 19 heavy (non-hydrogen) atoms. The molecule has 1 rings (SSSR count). The number of amides is 1. The molecule has 0 saturated heterocycles. The summed E-state index contributed by atoms with van der Waals surface area (Å²) in [7, 11) is 3.26. The van der Waals surface area contributed by atoms with Crippen molar-refractivity contribution in [3.63, 3.8) is 0 Å². The molecule has 0 aromatic heterocycles. The zero-order chi connectivity index (χ0) is 13.7. The van der Waals surface area contributed by atoms with Crippen molar-refractivity contribution in [2.24, 2.45) is 5.73 Å². The van der Waals surface area contributed by atoms with Crippen LogP contribution in [-0.4, -0.2) is 32.7 Å². The zero-order valence-electron chi connectivity index (χ0n) is 11.9. The number of benzene rings is 1. The second-order valence-corrected chi connectivity index (χ2v) is 4.71. The SMILES string of the molecule is COCC(N)C(=O)N(C)c1ccc(C(C)C)cc1.Cl. The third-order valence-corrected chi connectivity index (χ3v) is 2.94. The van der Waals surface area contributed by atoms with Gasteiger partial charge in [0.2, 0.25) is 5.91 Å². The number of rotatable bonds is 5. The molecule has 5 heteroatoms. The molecule has 4 nitrogen and oxygen atoms in total. The molecule has 0 saturated carbocycles. The summed E-state index contributed by atoms with van der Waals surface area (Å²) in [4.78, 5) is 13.5. The Morgan fingerprint density at radius 1 is 1.32 bits per heavy atom. The fourth-order valence-corrected chi connectivity index (χ4v) is 1.71. The van der Waals surface area contributed by atoms with E-state index in [-0.39, 0.29) is 24.9 Å². The Kier molecular flexibility index (Phi) is 7.68. The second kappa shape index (κ2) is 8.15. The van der Waals surface area contributed by atoms with Crippen molar-refractivity contribution < 1.29 is 9.53 Å². The lowest BCUT2D eigenvalue weighted by Crippen LogP contribution is -2.44. The van der Waals surface area contributed by atoms with Crippen molar-refractivity contribution in [1.82, 2.24) is 0 Å². The number of hydrogen-bond acceptors (Lipinski definition) is 3. The summed E-state index contributed by atoms with van der Waals surface area (Å²) in [5, 5.41) is 0. The van der Waals surface area contributed by atoms with Crippen LogP contribution in [-0.2, 0) is 9.53 Å². The molecule has 0 heterocycles. The van der Waals surface area contributed by atoms with E-state index in [1.54, 1.807) is 11.9 Å². The van der Waals surface area contributed by atoms with Crippen molar-refractivity contribution in [3.05, 3.63) is 29.8 Å². The number of halogens is 1. The lowest BCUT2D eigenvalue weighted by atomic mass is 10.0. The van der Waals surface area contributed by atoms with Gasteiger partial charge in [0, 0.05) is 19.8 Å². The van der Waals surface area contributed by atoms with E-state index in [0.717, 1.165) is 5.69 Å². The van der Waals surface area contributed by atoms with Crippen LogP contribution in [0.3, 0.4) is 0 Å². The highest BCUT2D eigenvalue weighted by Gasteiger charge is 2.18. The number of methoxy groups -OCH3 is 1. The molecule has 2 N–H and O–H groups in total. The van der Waals surface area contributed by atoms with Gasteiger partial charge in [-0.3, -0.25) is 4.79 Å². The number of anilines is 1. The van der Waals surface area contributed by atoms with Gasteiger partial charge in [0.1, 0.15) is 6.04 Å². The monoisotopic (exact) mass is 286 g/mol. The number of carbonyl (C=O) groups is 1. The summed E-state index contributed by atoms with van der Waals surface area (Å²) in [6, 6.07) is 7.32. The highest BCUT2D eigenvalue weighted by Crippen LogP contribution is 2.19. The van der Waals surface area contributed by atoms with Crippen LogP contribution in [0, 0.1) is 0 Å². The number of likely N-dealkylation sites (N-methyl/N-ethyl adjacent to an activating group) is 1. The first-order chi connectivity index (χ1) is 8.47. The number of ether oxygens (including phenoxy) is 1. The standard InChI is InChI=1S/C14H22N2O2.ClH/c1-10(2)11-5-7-12(8-6-11)16(3)14(17)13(15)9-18-4;/h5-8,10,13H,9,15H2,1-4H3;1H. The summed E-state index contributed by atoms with van der Waals surface area (Å²) in [5.74, 6) is 0.338. The molecule has 0 bridgehead atoms. The molecule has 0 aliphatic heterocycles. The predicted octanol–water partition coefficient (Wildman–Crippen LogP) is 2.17. The normalized spacial score (nSPS) is 11.9. The van der Waals surface area contributed by atoms with Crippen LogP contribution in [0.5, 0.6) is 0 Å². The van der Waals surface area contributed by atoms with Crippen molar-refractivity contribution in [1.29, 1.82) is 0 Å². The first-order valence-electron chi connectivity index (χ1n) is 6.09. The second-order valence-electron chi connectivity index (χ2n) is 4.71. The van der Waals surface area contributed by atoms with Crippen LogP contribution >= 0.6 is 12.4 Å². The van der Waals surface area contributed by atoms with Crippen molar-refractivity contribution >= 4 is 24.0 Å². The van der Waals surface area contributed by atoms with Crippen molar-refractivity contribution in [2.75, 3.05) is 25.7 Å². The Hall–Kier alpha value is -1.10. The van der Waals surface area contributed by atoms with Crippen LogP contribution in [0.1, 0.15) is 25.3 Å². The summed E-state index contributed by atoms with van der Waals surface area (Å²) in [5.41, 5.74) is 7.82. The maximum atomic E-state index is 12.0. The lowest BCUT2D eigenvalue weighted by Gasteiger charge is -2.21. The molecule has 1 amide bonds. The minimum atomic E-state index is -0.621. The maximum Gasteiger partial charge on any atom is 0.246 e. The fraction of sp³-hybridized carbons (Fsp3) is 0.500. The molecular weight excluding hydrogens is 264 g/mol. The minimum Gasteiger partial charge on any atom is -0.383 e. The Labute approximate surface area is 121 Å². The largest absolute Gasteiger partial charge is 0.383 e. The van der Waals surface area contributed by atoms with Gasteiger partial charge in [-0.25, -0.2) is 0 Å². The summed E-state index contributed by atoms with van der Waals surface area (Å²) >= 11 is 0. The number of hydrogen-bond donors (Lipinski definition) is 1. The molecule has 1 atom stereocenters.